The first-order chi connectivity index (χ1) is 12.6. The number of hydrogen-bond acceptors (Lipinski definition) is 7. The van der Waals surface area contributed by atoms with E-state index in [1.807, 2.05) is 24.3 Å². The zero-order chi connectivity index (χ0) is 18.5. The third-order valence-corrected chi connectivity index (χ3v) is 5.65. The number of anilines is 2. The Kier molecular flexibility index (Phi) is 5.79. The molecule has 2 amide bonds. The quantitative estimate of drug-likeness (QED) is 0.655. The van der Waals surface area contributed by atoms with Crippen LogP contribution in [0.1, 0.15) is 16.8 Å². The van der Waals surface area contributed by atoms with Crippen LogP contribution in [0.4, 0.5) is 10.7 Å². The van der Waals surface area contributed by atoms with Crippen LogP contribution in [0, 0.1) is 0 Å². The van der Waals surface area contributed by atoms with Crippen molar-refractivity contribution in [1.29, 1.82) is 0 Å². The summed E-state index contributed by atoms with van der Waals surface area (Å²) < 4.78 is 4.53. The van der Waals surface area contributed by atoms with Gasteiger partial charge in [0.15, 0.2) is 5.37 Å². The first-order valence-electron chi connectivity index (χ1n) is 7.84. The summed E-state index contributed by atoms with van der Waals surface area (Å²) in [5.74, 6) is -0.967. The number of rotatable bonds is 6. The van der Waals surface area contributed by atoms with E-state index in [0.29, 0.717) is 10.6 Å². The normalized spacial score (nSPS) is 14.9. The van der Waals surface area contributed by atoms with Gasteiger partial charge in [0.05, 0.1) is 19.1 Å². The number of nitrogens with one attached hydrogen (secondary N) is 3. The molecule has 1 atom stereocenters. The number of thioether (sulfide) groups is 1. The minimum absolute atomic E-state index is 0.0922. The fraction of sp³-hybridized carbons (Fsp3) is 0.235. The van der Waals surface area contributed by atoms with Gasteiger partial charge in [-0.05, 0) is 23.6 Å². The van der Waals surface area contributed by atoms with Gasteiger partial charge in [-0.3, -0.25) is 14.4 Å². The highest BCUT2D eigenvalue weighted by atomic mass is 32.2. The average molecular weight is 391 g/mol. The Morgan fingerprint density at radius 1 is 1.23 bits per heavy atom. The molecule has 7 nitrogen and oxygen atoms in total. The first-order valence-corrected chi connectivity index (χ1v) is 9.60. The van der Waals surface area contributed by atoms with Gasteiger partial charge in [0, 0.05) is 17.1 Å². The zero-order valence-corrected chi connectivity index (χ0v) is 15.5. The van der Waals surface area contributed by atoms with E-state index in [4.69, 9.17) is 0 Å². The summed E-state index contributed by atoms with van der Waals surface area (Å²) in [6.45, 7) is 0.171. The summed E-state index contributed by atoms with van der Waals surface area (Å²) in [7, 11) is 1.30. The van der Waals surface area contributed by atoms with E-state index in [0.717, 1.165) is 10.6 Å². The molecular weight excluding hydrogens is 374 g/mol. The smallest absolute Gasteiger partial charge is 0.307 e. The molecule has 0 fully saturated rings. The van der Waals surface area contributed by atoms with Crippen LogP contribution < -0.4 is 16.0 Å². The van der Waals surface area contributed by atoms with Crippen LogP contribution in [-0.4, -0.2) is 36.8 Å². The number of methoxy groups -OCH3 is 1. The molecule has 9 heteroatoms. The van der Waals surface area contributed by atoms with Crippen molar-refractivity contribution in [3.05, 3.63) is 41.3 Å². The minimum atomic E-state index is -0.454. The van der Waals surface area contributed by atoms with E-state index >= 15 is 0 Å². The van der Waals surface area contributed by atoms with Crippen LogP contribution >= 0.6 is 23.1 Å². The van der Waals surface area contributed by atoms with Gasteiger partial charge < -0.3 is 20.7 Å². The van der Waals surface area contributed by atoms with Crippen molar-refractivity contribution < 1.29 is 19.1 Å². The molecule has 1 unspecified atom stereocenters. The number of para-hydroxylation sites is 1. The predicted octanol–water partition coefficient (Wildman–Crippen LogP) is 2.52. The molecule has 0 spiro atoms. The second-order valence-corrected chi connectivity index (χ2v) is 7.44. The maximum absolute atomic E-state index is 12.5. The Morgan fingerprint density at radius 2 is 2.04 bits per heavy atom. The summed E-state index contributed by atoms with van der Waals surface area (Å²) >= 11 is 2.70. The fourth-order valence-corrected chi connectivity index (χ4v) is 4.15. The van der Waals surface area contributed by atoms with Gasteiger partial charge >= 0.3 is 5.97 Å². The van der Waals surface area contributed by atoms with Gasteiger partial charge in [0.1, 0.15) is 5.00 Å². The van der Waals surface area contributed by atoms with E-state index in [2.05, 4.69) is 20.7 Å². The molecule has 3 N–H and O–H groups in total. The number of hydrogen-bond donors (Lipinski definition) is 3. The number of benzene rings is 1. The second-order valence-electron chi connectivity index (χ2n) is 5.37. The van der Waals surface area contributed by atoms with Crippen LogP contribution in [0.3, 0.4) is 0 Å². The zero-order valence-electron chi connectivity index (χ0n) is 13.9. The Bertz CT molecular complexity index is 812. The number of amides is 2. The number of carbonyl (C=O) groups is 3. The summed E-state index contributed by atoms with van der Waals surface area (Å²) in [6, 6.07) is 9.33. The van der Waals surface area contributed by atoms with Crippen LogP contribution in [-0.2, 0) is 14.3 Å². The topological polar surface area (TPSA) is 96.5 Å². The number of esters is 1. The van der Waals surface area contributed by atoms with E-state index in [1.54, 1.807) is 11.4 Å². The Morgan fingerprint density at radius 3 is 2.81 bits per heavy atom. The molecule has 0 bridgehead atoms. The molecule has 0 aliphatic carbocycles. The van der Waals surface area contributed by atoms with Crippen molar-refractivity contribution in [2.24, 2.45) is 0 Å². The van der Waals surface area contributed by atoms with E-state index in [1.165, 1.54) is 30.2 Å². The van der Waals surface area contributed by atoms with Gasteiger partial charge in [-0.25, -0.2) is 0 Å². The molecular formula is C17H17N3O4S2. The van der Waals surface area contributed by atoms with Gasteiger partial charge in [-0.2, -0.15) is 0 Å². The average Bonchev–Trinajstić information content (AvgIpc) is 3.27. The van der Waals surface area contributed by atoms with Gasteiger partial charge in [-0.15, -0.1) is 11.3 Å². The maximum Gasteiger partial charge on any atom is 0.307 e. The van der Waals surface area contributed by atoms with Crippen molar-refractivity contribution >= 4 is 51.6 Å². The number of thiophene rings is 1. The number of carbonyl (C=O) groups excluding carboxylic acids is 3. The Hall–Kier alpha value is -2.52. The SMILES string of the molecule is COC(=O)CCNC(=O)c1ccsc1NC(=O)C1Nc2ccccc2S1. The molecule has 3 rings (SSSR count). The third kappa shape index (κ3) is 4.17. The molecule has 1 aromatic heterocycles. The third-order valence-electron chi connectivity index (χ3n) is 3.65. The molecule has 26 heavy (non-hydrogen) atoms. The largest absolute Gasteiger partial charge is 0.469 e. The highest BCUT2D eigenvalue weighted by molar-refractivity contribution is 8.01. The lowest BCUT2D eigenvalue weighted by molar-refractivity contribution is -0.140. The highest BCUT2D eigenvalue weighted by Gasteiger charge is 2.28. The molecule has 0 radical (unpaired) electrons. The van der Waals surface area contributed by atoms with Gasteiger partial charge in [0.2, 0.25) is 0 Å². The molecule has 2 aromatic rings. The molecule has 0 saturated heterocycles. The number of ether oxygens (including phenoxy) is 1. The lowest BCUT2D eigenvalue weighted by Gasteiger charge is -2.11. The summed E-state index contributed by atoms with van der Waals surface area (Å²) in [5.41, 5.74) is 1.29. The van der Waals surface area contributed by atoms with E-state index in [9.17, 15) is 14.4 Å². The van der Waals surface area contributed by atoms with Crippen LogP contribution in [0.5, 0.6) is 0 Å². The summed E-state index contributed by atoms with van der Waals surface area (Å²) in [5, 5.41) is 10.3. The minimum Gasteiger partial charge on any atom is -0.469 e. The summed E-state index contributed by atoms with van der Waals surface area (Å²) in [6.07, 6.45) is 0.0922. The van der Waals surface area contributed by atoms with Crippen molar-refractivity contribution in [2.45, 2.75) is 16.7 Å². The van der Waals surface area contributed by atoms with Crippen molar-refractivity contribution in [3.8, 4) is 0 Å². The summed E-state index contributed by atoms with van der Waals surface area (Å²) in [4.78, 5) is 36.9. The van der Waals surface area contributed by atoms with Crippen molar-refractivity contribution in [2.75, 3.05) is 24.3 Å². The molecule has 1 aromatic carbocycles. The lowest BCUT2D eigenvalue weighted by Crippen LogP contribution is -2.31. The van der Waals surface area contributed by atoms with Gasteiger partial charge in [-0.1, -0.05) is 23.9 Å². The standard InChI is InChI=1S/C17H17N3O4S2/c1-24-13(21)6-8-18-14(22)10-7-9-25-16(10)20-15(23)17-19-11-4-2-3-5-12(11)26-17/h2-5,7,9,17,19H,6,8H2,1H3,(H,18,22)(H,20,23). The molecule has 0 saturated carbocycles. The van der Waals surface area contributed by atoms with Crippen LogP contribution in [0.2, 0.25) is 0 Å². The van der Waals surface area contributed by atoms with Crippen molar-refractivity contribution in [3.63, 3.8) is 0 Å². The monoisotopic (exact) mass is 391 g/mol. The molecule has 136 valence electrons. The van der Waals surface area contributed by atoms with E-state index < -0.39 is 11.3 Å². The van der Waals surface area contributed by atoms with E-state index in [-0.39, 0.29) is 24.8 Å². The molecule has 1 aliphatic heterocycles. The second kappa shape index (κ2) is 8.24. The molecule has 2 heterocycles. The van der Waals surface area contributed by atoms with Crippen LogP contribution in [0.25, 0.3) is 0 Å². The fourth-order valence-electron chi connectivity index (χ4n) is 2.34. The Balaban J connectivity index is 1.58. The molecule has 1 aliphatic rings. The first kappa shape index (κ1) is 18.3. The highest BCUT2D eigenvalue weighted by Crippen LogP contribution is 2.38. The lowest BCUT2D eigenvalue weighted by atomic mass is 10.3. The predicted molar refractivity (Wildman–Crippen MR) is 102 cm³/mol. The van der Waals surface area contributed by atoms with Crippen LogP contribution in [0.15, 0.2) is 40.6 Å². The van der Waals surface area contributed by atoms with Gasteiger partial charge in [0.25, 0.3) is 11.8 Å². The van der Waals surface area contributed by atoms with Crippen molar-refractivity contribution in [1.82, 2.24) is 5.32 Å². The maximum atomic E-state index is 12.5. The Labute approximate surface area is 158 Å². The number of fused-ring (bicyclic) bond motifs is 1.